The monoisotopic (exact) mass is 201 g/mol. The van der Waals surface area contributed by atoms with Crippen LogP contribution in [0.4, 0.5) is 4.39 Å². The van der Waals surface area contributed by atoms with E-state index in [1.54, 1.807) is 6.20 Å². The first-order valence-electron chi connectivity index (χ1n) is 4.98. The van der Waals surface area contributed by atoms with E-state index in [0.29, 0.717) is 0 Å². The first-order chi connectivity index (χ1) is 7.34. The van der Waals surface area contributed by atoms with Crippen LogP contribution in [0.5, 0.6) is 0 Å². The Kier molecular flexibility index (Phi) is 3.08. The minimum absolute atomic E-state index is 0.180. The predicted octanol–water partition coefficient (Wildman–Crippen LogP) is 3.01. The molecule has 1 heterocycles. The van der Waals surface area contributed by atoms with Crippen molar-refractivity contribution in [3.8, 4) is 0 Å². The highest BCUT2D eigenvalue weighted by Gasteiger charge is 1.96. The van der Waals surface area contributed by atoms with Crippen LogP contribution in [-0.2, 0) is 12.8 Å². The van der Waals surface area contributed by atoms with Crippen molar-refractivity contribution in [2.75, 3.05) is 0 Å². The molecule has 0 saturated heterocycles. The van der Waals surface area contributed by atoms with E-state index in [9.17, 15) is 4.39 Å². The predicted molar refractivity (Wildman–Crippen MR) is 58.0 cm³/mol. The third-order valence-corrected chi connectivity index (χ3v) is 2.34. The number of nitrogens with zero attached hydrogens (tertiary/aromatic N) is 1. The van der Waals surface area contributed by atoms with Crippen molar-refractivity contribution in [2.45, 2.75) is 12.8 Å². The Morgan fingerprint density at radius 3 is 2.33 bits per heavy atom. The molecule has 0 spiro atoms. The molecule has 0 amide bonds. The van der Waals surface area contributed by atoms with E-state index in [0.717, 1.165) is 18.4 Å². The molecule has 76 valence electrons. The Bertz CT molecular complexity index is 408. The van der Waals surface area contributed by atoms with Gasteiger partial charge in [-0.3, -0.25) is 4.98 Å². The highest BCUT2D eigenvalue weighted by molar-refractivity contribution is 5.18. The summed E-state index contributed by atoms with van der Waals surface area (Å²) in [5, 5.41) is 0. The highest BCUT2D eigenvalue weighted by atomic mass is 19.1. The largest absolute Gasteiger partial charge is 0.264 e. The molecule has 0 aliphatic rings. The number of pyridine rings is 1. The molecule has 0 N–H and O–H groups in total. The van der Waals surface area contributed by atoms with Crippen molar-refractivity contribution < 1.29 is 4.39 Å². The summed E-state index contributed by atoms with van der Waals surface area (Å²) < 4.78 is 12.6. The van der Waals surface area contributed by atoms with Crippen LogP contribution in [0, 0.1) is 5.82 Å². The van der Waals surface area contributed by atoms with Crippen LogP contribution in [0.25, 0.3) is 0 Å². The van der Waals surface area contributed by atoms with Gasteiger partial charge in [-0.05, 0) is 42.2 Å². The fraction of sp³-hybridized carbons (Fsp3) is 0.154. The molecule has 1 aromatic heterocycles. The van der Waals surface area contributed by atoms with Gasteiger partial charge >= 0.3 is 0 Å². The Balaban J connectivity index is 1.96. The van der Waals surface area contributed by atoms with Crippen LogP contribution in [0.15, 0.2) is 48.8 Å². The van der Waals surface area contributed by atoms with Crippen molar-refractivity contribution >= 4 is 0 Å². The summed E-state index contributed by atoms with van der Waals surface area (Å²) in [6.07, 6.45) is 5.50. The SMILES string of the molecule is Fc1ccc(CCc2cccnc2)cc1. The second-order valence-electron chi connectivity index (χ2n) is 3.49. The number of benzene rings is 1. The second kappa shape index (κ2) is 4.69. The van der Waals surface area contributed by atoms with Gasteiger partial charge in [-0.25, -0.2) is 4.39 Å². The zero-order chi connectivity index (χ0) is 10.5. The Morgan fingerprint density at radius 2 is 1.67 bits per heavy atom. The molecule has 2 aromatic rings. The topological polar surface area (TPSA) is 12.9 Å². The minimum atomic E-state index is -0.180. The van der Waals surface area contributed by atoms with Gasteiger partial charge in [0.1, 0.15) is 5.82 Å². The van der Waals surface area contributed by atoms with Gasteiger partial charge in [0.2, 0.25) is 0 Å². The van der Waals surface area contributed by atoms with Gasteiger partial charge in [-0.2, -0.15) is 0 Å². The summed E-state index contributed by atoms with van der Waals surface area (Å²) in [7, 11) is 0. The summed E-state index contributed by atoms with van der Waals surface area (Å²) in [4.78, 5) is 4.05. The van der Waals surface area contributed by atoms with E-state index >= 15 is 0 Å². The quantitative estimate of drug-likeness (QED) is 0.743. The molecule has 2 heteroatoms. The molecular weight excluding hydrogens is 189 g/mol. The molecule has 0 aliphatic heterocycles. The highest BCUT2D eigenvalue weighted by Crippen LogP contribution is 2.07. The molecule has 0 bridgehead atoms. The van der Waals surface area contributed by atoms with Crippen molar-refractivity contribution in [1.29, 1.82) is 0 Å². The number of aromatic nitrogens is 1. The maximum Gasteiger partial charge on any atom is 0.123 e. The normalized spacial score (nSPS) is 10.2. The standard InChI is InChI=1S/C13H12FN/c14-13-7-5-11(6-8-13)3-4-12-2-1-9-15-10-12/h1-2,5-10H,3-4H2. The van der Waals surface area contributed by atoms with Crippen LogP contribution in [0.2, 0.25) is 0 Å². The van der Waals surface area contributed by atoms with E-state index in [4.69, 9.17) is 0 Å². The molecular formula is C13H12FN. The third kappa shape index (κ3) is 2.88. The molecule has 0 saturated carbocycles. The second-order valence-corrected chi connectivity index (χ2v) is 3.49. The van der Waals surface area contributed by atoms with Gasteiger partial charge in [0.15, 0.2) is 0 Å². The summed E-state index contributed by atoms with van der Waals surface area (Å²) in [6, 6.07) is 10.6. The Morgan fingerprint density at radius 1 is 0.933 bits per heavy atom. The minimum Gasteiger partial charge on any atom is -0.264 e. The molecule has 0 aliphatic carbocycles. The van der Waals surface area contributed by atoms with Crippen LogP contribution < -0.4 is 0 Å². The van der Waals surface area contributed by atoms with Crippen molar-refractivity contribution in [2.24, 2.45) is 0 Å². The van der Waals surface area contributed by atoms with E-state index in [-0.39, 0.29) is 5.82 Å². The van der Waals surface area contributed by atoms with E-state index in [1.165, 1.54) is 17.7 Å². The van der Waals surface area contributed by atoms with Gasteiger partial charge in [0, 0.05) is 12.4 Å². The van der Waals surface area contributed by atoms with Crippen LogP contribution in [-0.4, -0.2) is 4.98 Å². The van der Waals surface area contributed by atoms with E-state index in [1.807, 2.05) is 24.4 Å². The lowest BCUT2D eigenvalue weighted by atomic mass is 10.1. The van der Waals surface area contributed by atoms with Gasteiger partial charge < -0.3 is 0 Å². The molecule has 1 nitrogen and oxygen atoms in total. The first kappa shape index (κ1) is 9.84. The Labute approximate surface area is 88.6 Å². The number of hydrogen-bond acceptors (Lipinski definition) is 1. The van der Waals surface area contributed by atoms with Crippen LogP contribution in [0.1, 0.15) is 11.1 Å². The third-order valence-electron chi connectivity index (χ3n) is 2.34. The van der Waals surface area contributed by atoms with Gasteiger partial charge in [-0.1, -0.05) is 18.2 Å². The average molecular weight is 201 g/mol. The fourth-order valence-corrected chi connectivity index (χ4v) is 1.49. The van der Waals surface area contributed by atoms with Crippen molar-refractivity contribution in [3.05, 3.63) is 65.7 Å². The van der Waals surface area contributed by atoms with Gasteiger partial charge in [-0.15, -0.1) is 0 Å². The van der Waals surface area contributed by atoms with Crippen LogP contribution >= 0.6 is 0 Å². The molecule has 0 fully saturated rings. The van der Waals surface area contributed by atoms with E-state index in [2.05, 4.69) is 11.1 Å². The number of aryl methyl sites for hydroxylation is 2. The number of rotatable bonds is 3. The maximum absolute atomic E-state index is 12.6. The summed E-state index contributed by atoms with van der Waals surface area (Å²) >= 11 is 0. The van der Waals surface area contributed by atoms with Gasteiger partial charge in [0.25, 0.3) is 0 Å². The van der Waals surface area contributed by atoms with Crippen molar-refractivity contribution in [3.63, 3.8) is 0 Å². The lowest BCUT2D eigenvalue weighted by Gasteiger charge is -2.01. The molecule has 0 atom stereocenters. The van der Waals surface area contributed by atoms with E-state index < -0.39 is 0 Å². The molecule has 0 unspecified atom stereocenters. The molecule has 1 aromatic carbocycles. The molecule has 0 radical (unpaired) electrons. The number of hydrogen-bond donors (Lipinski definition) is 0. The summed E-state index contributed by atoms with van der Waals surface area (Å²) in [5.74, 6) is -0.180. The van der Waals surface area contributed by atoms with Crippen LogP contribution in [0.3, 0.4) is 0 Å². The molecule has 15 heavy (non-hydrogen) atoms. The lowest BCUT2D eigenvalue weighted by molar-refractivity contribution is 0.627. The average Bonchev–Trinajstić information content (AvgIpc) is 2.30. The zero-order valence-electron chi connectivity index (χ0n) is 8.36. The lowest BCUT2D eigenvalue weighted by Crippen LogP contribution is -1.91. The smallest absolute Gasteiger partial charge is 0.123 e. The fourth-order valence-electron chi connectivity index (χ4n) is 1.49. The molecule has 2 rings (SSSR count). The summed E-state index contributed by atoms with van der Waals surface area (Å²) in [5.41, 5.74) is 2.36. The maximum atomic E-state index is 12.6. The first-order valence-corrected chi connectivity index (χ1v) is 4.98. The Hall–Kier alpha value is -1.70. The summed E-state index contributed by atoms with van der Waals surface area (Å²) in [6.45, 7) is 0. The van der Waals surface area contributed by atoms with Crippen molar-refractivity contribution in [1.82, 2.24) is 4.98 Å². The zero-order valence-corrected chi connectivity index (χ0v) is 8.36. The number of halogens is 1. The van der Waals surface area contributed by atoms with Gasteiger partial charge in [0.05, 0.1) is 0 Å².